The van der Waals surface area contributed by atoms with E-state index < -0.39 is 5.82 Å². The van der Waals surface area contributed by atoms with Gasteiger partial charge in [0.1, 0.15) is 30.2 Å². The van der Waals surface area contributed by atoms with Crippen LogP contribution in [0.15, 0.2) is 60.9 Å². The Hall–Kier alpha value is -4.92. The van der Waals surface area contributed by atoms with E-state index >= 15 is 0 Å². The zero-order valence-corrected chi connectivity index (χ0v) is 27.6. The Labute approximate surface area is 286 Å². The van der Waals surface area contributed by atoms with Crippen molar-refractivity contribution in [2.75, 3.05) is 64.5 Å². The minimum atomic E-state index is -0.415. The predicted octanol–water partition coefficient (Wildman–Crippen LogP) is 4.18. The SMILES string of the molecule is C#C.C#C.CCc1c(F)cncc1NC(=O)CN.Fc1ccc(Cc2ccc(F)cc2)cc1.O=C(OC[C@@H]1CNCCO1)N1CCOCC1. The molecule has 0 aliphatic carbocycles. The molecule has 0 bridgehead atoms. The molecule has 2 aromatic carbocycles. The van der Waals surface area contributed by atoms with Gasteiger partial charge >= 0.3 is 6.09 Å². The van der Waals surface area contributed by atoms with Gasteiger partial charge in [0.05, 0.1) is 44.4 Å². The molecular weight excluding hydrogens is 639 g/mol. The summed E-state index contributed by atoms with van der Waals surface area (Å²) in [4.78, 5) is 27.9. The molecule has 2 saturated heterocycles. The highest BCUT2D eigenvalue weighted by molar-refractivity contribution is 5.92. The molecule has 264 valence electrons. The lowest BCUT2D eigenvalue weighted by molar-refractivity contribution is -0.114. The van der Waals surface area contributed by atoms with Crippen LogP contribution in [0.1, 0.15) is 23.6 Å². The van der Waals surface area contributed by atoms with Crippen molar-refractivity contribution in [3.05, 3.63) is 95.1 Å². The van der Waals surface area contributed by atoms with Gasteiger partial charge in [-0.15, -0.1) is 25.7 Å². The number of terminal acetylenes is 2. The van der Waals surface area contributed by atoms with Crippen LogP contribution in [0, 0.1) is 43.1 Å². The Bertz CT molecular complexity index is 1360. The topological polar surface area (TPSA) is 128 Å². The molecule has 2 aliphatic heterocycles. The maximum Gasteiger partial charge on any atom is 0.410 e. The summed E-state index contributed by atoms with van der Waals surface area (Å²) in [6.07, 6.45) is 19.4. The van der Waals surface area contributed by atoms with E-state index in [-0.39, 0.29) is 36.3 Å². The number of rotatable bonds is 7. The number of ether oxygens (including phenoxy) is 3. The van der Waals surface area contributed by atoms with Crippen molar-refractivity contribution in [3.8, 4) is 25.7 Å². The van der Waals surface area contributed by atoms with Gasteiger partial charge in [-0.25, -0.2) is 18.0 Å². The summed E-state index contributed by atoms with van der Waals surface area (Å²) in [5, 5.41) is 5.67. The van der Waals surface area contributed by atoms with Gasteiger partial charge in [0.15, 0.2) is 0 Å². The first-order chi connectivity index (χ1) is 23.8. The van der Waals surface area contributed by atoms with Crippen LogP contribution < -0.4 is 16.4 Å². The highest BCUT2D eigenvalue weighted by Crippen LogP contribution is 2.17. The number of hydrogen-bond acceptors (Lipinski definition) is 8. The normalized spacial score (nSPS) is 14.7. The van der Waals surface area contributed by atoms with Crippen molar-refractivity contribution in [2.24, 2.45) is 5.73 Å². The predicted molar refractivity (Wildman–Crippen MR) is 183 cm³/mol. The average Bonchev–Trinajstić information content (AvgIpc) is 3.15. The second-order valence-corrected chi connectivity index (χ2v) is 10.1. The Kier molecular flexibility index (Phi) is 21.6. The van der Waals surface area contributed by atoms with Crippen molar-refractivity contribution in [1.29, 1.82) is 0 Å². The Morgan fingerprint density at radius 2 is 1.53 bits per heavy atom. The number of halogens is 3. The number of carbonyl (C=O) groups excluding carboxylic acids is 2. The Morgan fingerprint density at radius 3 is 2.02 bits per heavy atom. The van der Waals surface area contributed by atoms with Crippen molar-refractivity contribution in [2.45, 2.75) is 25.9 Å². The second kappa shape index (κ2) is 25.1. The second-order valence-electron chi connectivity index (χ2n) is 10.1. The van der Waals surface area contributed by atoms with Gasteiger partial charge in [-0.1, -0.05) is 31.2 Å². The summed E-state index contributed by atoms with van der Waals surface area (Å²) in [6.45, 7) is 6.71. The molecule has 2 fully saturated rings. The zero-order chi connectivity index (χ0) is 36.4. The highest BCUT2D eigenvalue weighted by atomic mass is 19.1. The fourth-order valence-corrected chi connectivity index (χ4v) is 4.30. The van der Waals surface area contributed by atoms with Crippen LogP contribution in [0.3, 0.4) is 0 Å². The largest absolute Gasteiger partial charge is 0.447 e. The maximum absolute atomic E-state index is 13.2. The molecule has 10 nitrogen and oxygen atoms in total. The summed E-state index contributed by atoms with van der Waals surface area (Å²) in [5.74, 6) is -1.25. The number of nitrogens with two attached hydrogens (primary N) is 1. The lowest BCUT2D eigenvalue weighted by Gasteiger charge is -2.28. The Balaban J connectivity index is 0.000000350. The van der Waals surface area contributed by atoms with E-state index in [0.717, 1.165) is 30.4 Å². The number of nitrogens with zero attached hydrogens (tertiary/aromatic N) is 2. The summed E-state index contributed by atoms with van der Waals surface area (Å²) in [5.41, 5.74) is 7.99. The van der Waals surface area contributed by atoms with Gasteiger partial charge in [0.2, 0.25) is 5.91 Å². The monoisotopic (exact) mass is 683 g/mol. The number of anilines is 1. The minimum absolute atomic E-state index is 0.0151. The first-order valence-electron chi connectivity index (χ1n) is 15.4. The number of hydrogen-bond donors (Lipinski definition) is 3. The van der Waals surface area contributed by atoms with Gasteiger partial charge in [0.25, 0.3) is 0 Å². The summed E-state index contributed by atoms with van der Waals surface area (Å²) >= 11 is 0. The molecule has 0 saturated carbocycles. The van der Waals surface area contributed by atoms with Gasteiger partial charge in [-0.05, 0) is 48.2 Å². The molecule has 2 aliphatic rings. The standard InChI is InChI=1S/C13H10F2.C10H18N2O4.C9H12FN3O.2C2H2/c14-12-5-1-10(2-6-12)9-11-3-7-13(15)8-4-11;13-10(12-2-5-14-6-3-12)16-8-9-7-11-1-4-15-9;1-2-6-7(10)4-12-5-8(6)13-9(14)3-11;2*1-2/h1-8H,9H2;9,11H,1-8H2;4-5H,2-3,11H2,1H3,(H,13,14);2*1-2H/t;9-;;;/m.0.../s1. The summed E-state index contributed by atoms with van der Waals surface area (Å²) < 4.78 is 54.2. The third-order valence-electron chi connectivity index (χ3n) is 6.72. The molecular formula is C36H44F3N5O5. The fraction of sp³-hybridized carbons (Fsp3) is 0.361. The van der Waals surface area contributed by atoms with Gasteiger partial charge in [0, 0.05) is 31.7 Å². The molecule has 49 heavy (non-hydrogen) atoms. The van der Waals surface area contributed by atoms with Crippen LogP contribution in [-0.4, -0.2) is 87.1 Å². The van der Waals surface area contributed by atoms with E-state index in [1.165, 1.54) is 30.5 Å². The third kappa shape index (κ3) is 16.6. The fourth-order valence-electron chi connectivity index (χ4n) is 4.30. The molecule has 2 amide bonds. The van der Waals surface area contributed by atoms with E-state index in [2.05, 4.69) is 41.3 Å². The lowest BCUT2D eigenvalue weighted by Crippen LogP contribution is -2.44. The number of amides is 2. The lowest BCUT2D eigenvalue weighted by atomic mass is 10.1. The van der Waals surface area contributed by atoms with Crippen LogP contribution in [0.4, 0.5) is 23.7 Å². The minimum Gasteiger partial charge on any atom is -0.447 e. The molecule has 3 heterocycles. The molecule has 3 aromatic rings. The number of nitrogens with one attached hydrogen (secondary N) is 2. The number of morpholine rings is 2. The number of pyridine rings is 1. The van der Waals surface area contributed by atoms with E-state index in [1.54, 1.807) is 36.1 Å². The van der Waals surface area contributed by atoms with Crippen LogP contribution in [0.5, 0.6) is 0 Å². The smallest absolute Gasteiger partial charge is 0.410 e. The number of benzene rings is 2. The van der Waals surface area contributed by atoms with Crippen molar-refractivity contribution < 1.29 is 37.0 Å². The van der Waals surface area contributed by atoms with Gasteiger partial charge in [-0.2, -0.15) is 0 Å². The van der Waals surface area contributed by atoms with Crippen molar-refractivity contribution in [1.82, 2.24) is 15.2 Å². The molecule has 1 aromatic heterocycles. The molecule has 5 rings (SSSR count). The van der Waals surface area contributed by atoms with Gasteiger partial charge in [-0.3, -0.25) is 9.78 Å². The summed E-state index contributed by atoms with van der Waals surface area (Å²) in [6, 6.07) is 12.7. The van der Waals surface area contributed by atoms with Gasteiger partial charge < -0.3 is 35.5 Å². The van der Waals surface area contributed by atoms with E-state index in [0.29, 0.717) is 63.6 Å². The average molecular weight is 684 g/mol. The molecule has 4 N–H and O–H groups in total. The van der Waals surface area contributed by atoms with Crippen LogP contribution in [0.2, 0.25) is 0 Å². The van der Waals surface area contributed by atoms with Crippen molar-refractivity contribution >= 4 is 17.7 Å². The van der Waals surface area contributed by atoms with Crippen LogP contribution >= 0.6 is 0 Å². The number of aromatic nitrogens is 1. The molecule has 0 unspecified atom stereocenters. The van der Waals surface area contributed by atoms with E-state index in [4.69, 9.17) is 19.9 Å². The van der Waals surface area contributed by atoms with Crippen LogP contribution in [0.25, 0.3) is 0 Å². The third-order valence-corrected chi connectivity index (χ3v) is 6.72. The molecule has 1 atom stereocenters. The molecule has 13 heteroatoms. The molecule has 0 radical (unpaired) electrons. The first-order valence-corrected chi connectivity index (χ1v) is 15.4. The number of carbonyl (C=O) groups is 2. The van der Waals surface area contributed by atoms with Crippen LogP contribution in [-0.2, 0) is 31.8 Å². The maximum atomic E-state index is 13.2. The quantitative estimate of drug-likeness (QED) is 0.317. The molecule has 0 spiro atoms. The van der Waals surface area contributed by atoms with Crippen molar-refractivity contribution in [3.63, 3.8) is 0 Å². The van der Waals surface area contributed by atoms with E-state index in [9.17, 15) is 22.8 Å². The first kappa shape index (κ1) is 42.1. The Morgan fingerprint density at radius 1 is 0.959 bits per heavy atom. The summed E-state index contributed by atoms with van der Waals surface area (Å²) in [7, 11) is 0. The van der Waals surface area contributed by atoms with E-state index in [1.807, 2.05) is 0 Å². The highest BCUT2D eigenvalue weighted by Gasteiger charge is 2.21. The zero-order valence-electron chi connectivity index (χ0n) is 27.6.